The fraction of sp³-hybridized carbons (Fsp3) is 0.625. The van der Waals surface area contributed by atoms with Crippen LogP contribution in [0.4, 0.5) is 4.79 Å². The van der Waals surface area contributed by atoms with Gasteiger partial charge in [-0.3, -0.25) is 19.3 Å². The molecule has 7 heteroatoms. The Morgan fingerprint density at radius 1 is 1.53 bits per heavy atom. The van der Waals surface area contributed by atoms with E-state index in [0.717, 1.165) is 4.90 Å². The third kappa shape index (κ3) is 2.66. The molecule has 0 aliphatic carbocycles. The van der Waals surface area contributed by atoms with Crippen LogP contribution in [-0.2, 0) is 14.4 Å². The molecule has 1 N–H and O–H groups in total. The van der Waals surface area contributed by atoms with E-state index in [4.69, 9.17) is 0 Å². The van der Waals surface area contributed by atoms with Crippen LogP contribution in [-0.4, -0.2) is 54.4 Å². The summed E-state index contributed by atoms with van der Waals surface area (Å²) in [5.41, 5.74) is 2.11. The third-order valence-corrected chi connectivity index (χ3v) is 1.86. The van der Waals surface area contributed by atoms with Gasteiger partial charge in [0.1, 0.15) is 13.1 Å². The number of carbonyl (C=O) groups is 3. The number of hydrogen-bond acceptors (Lipinski definition) is 4. The predicted octanol–water partition coefficient (Wildman–Crippen LogP) is -1.05. The Bertz CT molecular complexity index is 292. The molecule has 7 nitrogen and oxygen atoms in total. The van der Waals surface area contributed by atoms with Crippen molar-refractivity contribution in [3.05, 3.63) is 0 Å². The van der Waals surface area contributed by atoms with E-state index in [1.54, 1.807) is 6.92 Å². The highest BCUT2D eigenvalue weighted by atomic mass is 16.6. The Morgan fingerprint density at radius 3 is 2.67 bits per heavy atom. The second-order valence-electron chi connectivity index (χ2n) is 3.08. The molecular formula is C8H13N3O4. The van der Waals surface area contributed by atoms with E-state index in [0.29, 0.717) is 6.61 Å². The SMILES string of the molecule is CCONC(=O)CN1C(=O)CN(C)C1=O. The number of carbonyl (C=O) groups excluding carboxylic acids is 3. The number of nitrogens with zero attached hydrogens (tertiary/aromatic N) is 2. The quantitative estimate of drug-likeness (QED) is 0.479. The highest BCUT2D eigenvalue weighted by molar-refractivity contribution is 6.04. The van der Waals surface area contributed by atoms with Crippen LogP contribution in [0, 0.1) is 0 Å². The lowest BCUT2D eigenvalue weighted by Gasteiger charge is -2.13. The molecule has 0 spiro atoms. The standard InChI is InChI=1S/C8H13N3O4/c1-3-15-9-6(12)4-11-7(13)5-10(2)8(11)14/h3-5H2,1-2H3,(H,9,12). The van der Waals surface area contributed by atoms with Gasteiger partial charge in [-0.2, -0.15) is 0 Å². The smallest absolute Gasteiger partial charge is 0.318 e. The molecule has 15 heavy (non-hydrogen) atoms. The van der Waals surface area contributed by atoms with Crippen molar-refractivity contribution in [1.82, 2.24) is 15.3 Å². The molecular weight excluding hydrogens is 202 g/mol. The van der Waals surface area contributed by atoms with Gasteiger partial charge in [-0.05, 0) is 6.92 Å². The molecule has 1 aliphatic rings. The summed E-state index contributed by atoms with van der Waals surface area (Å²) in [5, 5.41) is 0. The first-order chi connectivity index (χ1) is 7.06. The monoisotopic (exact) mass is 215 g/mol. The Kier molecular flexibility index (Phi) is 3.62. The molecule has 0 aromatic rings. The normalized spacial score (nSPS) is 16.1. The van der Waals surface area contributed by atoms with Gasteiger partial charge in [0, 0.05) is 7.05 Å². The minimum atomic E-state index is -0.520. The number of nitrogens with one attached hydrogen (secondary N) is 1. The van der Waals surface area contributed by atoms with Crippen LogP contribution in [0.2, 0.25) is 0 Å². The van der Waals surface area contributed by atoms with E-state index in [1.165, 1.54) is 11.9 Å². The highest BCUT2D eigenvalue weighted by Crippen LogP contribution is 2.06. The Labute approximate surface area is 86.9 Å². The average molecular weight is 215 g/mol. The Hall–Kier alpha value is -1.63. The fourth-order valence-electron chi connectivity index (χ4n) is 1.15. The van der Waals surface area contributed by atoms with Crippen LogP contribution in [0.25, 0.3) is 0 Å². The van der Waals surface area contributed by atoms with E-state index in [2.05, 4.69) is 10.3 Å². The average Bonchev–Trinajstić information content (AvgIpc) is 2.42. The fourth-order valence-corrected chi connectivity index (χ4v) is 1.15. The van der Waals surface area contributed by atoms with Gasteiger partial charge in [0.2, 0.25) is 0 Å². The molecule has 0 unspecified atom stereocenters. The molecule has 84 valence electrons. The minimum Gasteiger partial charge on any atom is -0.318 e. The second kappa shape index (κ2) is 4.74. The van der Waals surface area contributed by atoms with Gasteiger partial charge in [0.15, 0.2) is 0 Å². The largest absolute Gasteiger partial charge is 0.327 e. The zero-order valence-corrected chi connectivity index (χ0v) is 8.65. The van der Waals surface area contributed by atoms with Crippen LogP contribution >= 0.6 is 0 Å². The summed E-state index contributed by atoms with van der Waals surface area (Å²) in [6.07, 6.45) is 0. The molecule has 4 amide bonds. The van der Waals surface area contributed by atoms with Crippen molar-refractivity contribution in [1.29, 1.82) is 0 Å². The van der Waals surface area contributed by atoms with Crippen molar-refractivity contribution in [2.24, 2.45) is 0 Å². The van der Waals surface area contributed by atoms with Crippen molar-refractivity contribution in [3.63, 3.8) is 0 Å². The summed E-state index contributed by atoms with van der Waals surface area (Å²) < 4.78 is 0. The first kappa shape index (κ1) is 11.4. The van der Waals surface area contributed by atoms with Crippen LogP contribution < -0.4 is 5.48 Å². The van der Waals surface area contributed by atoms with Crippen molar-refractivity contribution in [2.75, 3.05) is 26.7 Å². The van der Waals surface area contributed by atoms with Crippen molar-refractivity contribution in [3.8, 4) is 0 Å². The van der Waals surface area contributed by atoms with Crippen LogP contribution in [0.5, 0.6) is 0 Å². The van der Waals surface area contributed by atoms with Crippen molar-refractivity contribution in [2.45, 2.75) is 6.92 Å². The van der Waals surface area contributed by atoms with E-state index >= 15 is 0 Å². The van der Waals surface area contributed by atoms with Crippen LogP contribution in [0.3, 0.4) is 0 Å². The molecule has 1 saturated heterocycles. The number of urea groups is 1. The number of imide groups is 1. The number of amides is 4. The maximum atomic E-state index is 11.3. The lowest BCUT2D eigenvalue weighted by molar-refractivity contribution is -0.137. The predicted molar refractivity (Wildman–Crippen MR) is 49.5 cm³/mol. The number of likely N-dealkylation sites (N-methyl/N-ethyl adjacent to an activating group) is 1. The van der Waals surface area contributed by atoms with E-state index in [-0.39, 0.29) is 19.0 Å². The molecule has 1 rings (SSSR count). The molecule has 0 saturated carbocycles. The van der Waals surface area contributed by atoms with Gasteiger partial charge >= 0.3 is 6.03 Å². The Balaban J connectivity index is 2.47. The summed E-state index contributed by atoms with van der Waals surface area (Å²) in [4.78, 5) is 40.5. The molecule has 0 bridgehead atoms. The zero-order chi connectivity index (χ0) is 11.4. The summed E-state index contributed by atoms with van der Waals surface area (Å²) in [5.74, 6) is -0.900. The van der Waals surface area contributed by atoms with E-state index < -0.39 is 11.9 Å². The number of rotatable bonds is 4. The van der Waals surface area contributed by atoms with Gasteiger partial charge in [0.25, 0.3) is 11.8 Å². The number of hydrogen-bond donors (Lipinski definition) is 1. The van der Waals surface area contributed by atoms with Gasteiger partial charge in [-0.1, -0.05) is 0 Å². The van der Waals surface area contributed by atoms with Gasteiger partial charge in [-0.25, -0.2) is 10.3 Å². The zero-order valence-electron chi connectivity index (χ0n) is 8.65. The first-order valence-corrected chi connectivity index (χ1v) is 4.52. The minimum absolute atomic E-state index is 0.0146. The molecule has 0 radical (unpaired) electrons. The summed E-state index contributed by atoms with van der Waals surface area (Å²) in [6, 6.07) is -0.466. The summed E-state index contributed by atoms with van der Waals surface area (Å²) in [6.45, 7) is 1.75. The highest BCUT2D eigenvalue weighted by Gasteiger charge is 2.34. The lowest BCUT2D eigenvalue weighted by Crippen LogP contribution is -2.41. The molecule has 1 fully saturated rings. The summed E-state index contributed by atoms with van der Waals surface area (Å²) in [7, 11) is 1.50. The first-order valence-electron chi connectivity index (χ1n) is 4.52. The topological polar surface area (TPSA) is 79.0 Å². The molecule has 1 heterocycles. The second-order valence-corrected chi connectivity index (χ2v) is 3.08. The number of hydroxylamine groups is 1. The van der Waals surface area contributed by atoms with E-state index in [9.17, 15) is 14.4 Å². The molecule has 0 atom stereocenters. The molecule has 0 aromatic carbocycles. The Morgan fingerprint density at radius 2 is 2.20 bits per heavy atom. The summed E-state index contributed by atoms with van der Waals surface area (Å²) >= 11 is 0. The maximum Gasteiger partial charge on any atom is 0.327 e. The van der Waals surface area contributed by atoms with Gasteiger partial charge < -0.3 is 4.90 Å². The van der Waals surface area contributed by atoms with Crippen LogP contribution in [0.15, 0.2) is 0 Å². The van der Waals surface area contributed by atoms with Crippen molar-refractivity contribution >= 4 is 17.8 Å². The van der Waals surface area contributed by atoms with Crippen LogP contribution in [0.1, 0.15) is 6.92 Å². The van der Waals surface area contributed by atoms with Gasteiger partial charge in [-0.15, -0.1) is 0 Å². The molecule has 1 aliphatic heterocycles. The van der Waals surface area contributed by atoms with E-state index in [1.807, 2.05) is 0 Å². The van der Waals surface area contributed by atoms with Gasteiger partial charge in [0.05, 0.1) is 6.61 Å². The van der Waals surface area contributed by atoms with Crippen molar-refractivity contribution < 1.29 is 19.2 Å². The maximum absolute atomic E-state index is 11.3. The third-order valence-electron chi connectivity index (χ3n) is 1.86. The molecule has 0 aromatic heterocycles. The lowest BCUT2D eigenvalue weighted by atomic mass is 10.5.